The molecule has 2 N–H and O–H groups in total. The van der Waals surface area contributed by atoms with Crippen LogP contribution in [0.3, 0.4) is 0 Å². The number of carboxylic acids is 1. The van der Waals surface area contributed by atoms with Gasteiger partial charge in [0.05, 0.1) is 6.42 Å². The smallest absolute Gasteiger partial charge is 0.346 e. The van der Waals surface area contributed by atoms with Crippen LogP contribution in [0, 0.1) is 0 Å². The number of ether oxygens (including phenoxy) is 1. The third kappa shape index (κ3) is 2.39. The lowest BCUT2D eigenvalue weighted by Gasteiger charge is -2.05. The molecule has 1 rings (SSSR count). The number of cyclic esters (lactones) is 1. The molecule has 0 unspecified atom stereocenters. The van der Waals surface area contributed by atoms with E-state index in [1.165, 1.54) is 0 Å². The molecule has 0 bridgehead atoms. The van der Waals surface area contributed by atoms with Crippen molar-refractivity contribution in [2.75, 3.05) is 0 Å². The summed E-state index contributed by atoms with van der Waals surface area (Å²) in [7, 11) is 0. The highest BCUT2D eigenvalue weighted by Crippen LogP contribution is 2.24. The molecule has 1 aliphatic heterocycles. The van der Waals surface area contributed by atoms with Gasteiger partial charge in [0, 0.05) is 6.42 Å². The maximum atomic E-state index is 11.4. The van der Waals surface area contributed by atoms with Gasteiger partial charge in [-0.05, 0) is 6.42 Å². The molecule has 0 aromatic heterocycles. The van der Waals surface area contributed by atoms with Crippen LogP contribution in [0.25, 0.3) is 0 Å². The first-order chi connectivity index (χ1) is 7.47. The monoisotopic (exact) mass is 228 g/mol. The van der Waals surface area contributed by atoms with E-state index in [0.29, 0.717) is 6.42 Å². The lowest BCUT2D eigenvalue weighted by Crippen LogP contribution is -2.16. The Morgan fingerprint density at radius 2 is 2.06 bits per heavy atom. The van der Waals surface area contributed by atoms with Gasteiger partial charge in [-0.15, -0.1) is 0 Å². The van der Waals surface area contributed by atoms with E-state index in [9.17, 15) is 19.5 Å². The summed E-state index contributed by atoms with van der Waals surface area (Å²) in [4.78, 5) is 33.1. The van der Waals surface area contributed by atoms with E-state index in [0.717, 1.165) is 0 Å². The molecule has 0 radical (unpaired) electrons. The fourth-order valence-corrected chi connectivity index (χ4v) is 1.42. The molecule has 0 aliphatic carbocycles. The van der Waals surface area contributed by atoms with E-state index in [2.05, 4.69) is 4.74 Å². The quantitative estimate of drug-likeness (QED) is 0.527. The normalized spacial score (nSPS) is 19.8. The van der Waals surface area contributed by atoms with Gasteiger partial charge >= 0.3 is 11.9 Å². The molecule has 1 heterocycles. The summed E-state index contributed by atoms with van der Waals surface area (Å²) in [5.74, 6) is -3.24. The number of Topliss-reactive ketones (excluding diaryl/α,β-unsaturated/α-hetero) is 1. The fraction of sp³-hybridized carbons (Fsp3) is 0.500. The maximum Gasteiger partial charge on any atom is 0.346 e. The van der Waals surface area contributed by atoms with Crippen molar-refractivity contribution in [3.63, 3.8) is 0 Å². The van der Waals surface area contributed by atoms with Crippen LogP contribution in [-0.2, 0) is 19.1 Å². The molecule has 0 aromatic rings. The summed E-state index contributed by atoms with van der Waals surface area (Å²) < 4.78 is 4.60. The van der Waals surface area contributed by atoms with Gasteiger partial charge in [0.1, 0.15) is 5.57 Å². The van der Waals surface area contributed by atoms with E-state index in [4.69, 9.17) is 5.11 Å². The second-order valence-electron chi connectivity index (χ2n) is 3.43. The van der Waals surface area contributed by atoms with Crippen LogP contribution >= 0.6 is 0 Å². The number of carbonyl (C=O) groups excluding carboxylic acids is 2. The third-order valence-corrected chi connectivity index (χ3v) is 2.13. The van der Waals surface area contributed by atoms with Crippen molar-refractivity contribution in [1.82, 2.24) is 0 Å². The number of ketones is 1. The van der Waals surface area contributed by atoms with Gasteiger partial charge in [0.15, 0.2) is 17.6 Å². The Morgan fingerprint density at radius 3 is 2.56 bits per heavy atom. The number of hydrogen-bond donors (Lipinski definition) is 2. The second kappa shape index (κ2) is 4.78. The molecule has 6 nitrogen and oxygen atoms in total. The van der Waals surface area contributed by atoms with Gasteiger partial charge in [0.25, 0.3) is 0 Å². The van der Waals surface area contributed by atoms with Crippen molar-refractivity contribution in [1.29, 1.82) is 0 Å². The van der Waals surface area contributed by atoms with Gasteiger partial charge < -0.3 is 14.9 Å². The van der Waals surface area contributed by atoms with E-state index < -0.39 is 41.6 Å². The summed E-state index contributed by atoms with van der Waals surface area (Å²) in [6.45, 7) is 1.75. The predicted molar refractivity (Wildman–Crippen MR) is 51.7 cm³/mol. The van der Waals surface area contributed by atoms with Crippen LogP contribution in [0.2, 0.25) is 0 Å². The Balaban J connectivity index is 2.88. The third-order valence-electron chi connectivity index (χ3n) is 2.13. The van der Waals surface area contributed by atoms with Gasteiger partial charge in [-0.2, -0.15) is 0 Å². The number of carboxylic acid groups (broad SMARTS) is 1. The zero-order valence-corrected chi connectivity index (χ0v) is 8.73. The van der Waals surface area contributed by atoms with E-state index in [-0.39, 0.29) is 6.42 Å². The highest BCUT2D eigenvalue weighted by atomic mass is 16.6. The lowest BCUT2D eigenvalue weighted by atomic mass is 10.1. The van der Waals surface area contributed by atoms with Crippen molar-refractivity contribution in [3.05, 3.63) is 11.3 Å². The van der Waals surface area contributed by atoms with Gasteiger partial charge in [-0.25, -0.2) is 4.79 Å². The van der Waals surface area contributed by atoms with E-state index >= 15 is 0 Å². The summed E-state index contributed by atoms with van der Waals surface area (Å²) >= 11 is 0. The van der Waals surface area contributed by atoms with E-state index in [1.54, 1.807) is 6.92 Å². The summed E-state index contributed by atoms with van der Waals surface area (Å²) in [5, 5.41) is 18.0. The molecular formula is C10H12O6. The molecule has 0 spiro atoms. The fourth-order valence-electron chi connectivity index (χ4n) is 1.42. The average molecular weight is 228 g/mol. The van der Waals surface area contributed by atoms with Gasteiger partial charge in [-0.1, -0.05) is 6.92 Å². The highest BCUT2D eigenvalue weighted by molar-refractivity contribution is 6.19. The zero-order chi connectivity index (χ0) is 12.3. The zero-order valence-electron chi connectivity index (χ0n) is 8.73. The molecular weight excluding hydrogens is 216 g/mol. The Labute approximate surface area is 91.5 Å². The number of aliphatic carboxylic acids is 1. The topological polar surface area (TPSA) is 101 Å². The SMILES string of the molecule is CCCC(=O)C1=C(O)[C@@H](CC(=O)O)OC1=O. The number of aliphatic hydroxyl groups is 1. The van der Waals surface area contributed by atoms with E-state index in [1.807, 2.05) is 0 Å². The summed E-state index contributed by atoms with van der Waals surface area (Å²) in [5.41, 5.74) is -0.409. The molecule has 0 saturated heterocycles. The minimum atomic E-state index is -1.24. The van der Waals surface area contributed by atoms with Crippen LogP contribution in [0.1, 0.15) is 26.2 Å². The van der Waals surface area contributed by atoms with Gasteiger partial charge in [-0.3, -0.25) is 9.59 Å². The van der Waals surface area contributed by atoms with Crippen molar-refractivity contribution < 1.29 is 29.3 Å². The molecule has 1 atom stereocenters. The maximum absolute atomic E-state index is 11.4. The average Bonchev–Trinajstić information content (AvgIpc) is 2.41. The predicted octanol–water partition coefficient (Wildman–Crippen LogP) is 0.568. The number of esters is 1. The first-order valence-corrected chi connectivity index (χ1v) is 4.86. The van der Waals surface area contributed by atoms with Crippen molar-refractivity contribution in [3.8, 4) is 0 Å². The van der Waals surface area contributed by atoms with Crippen LogP contribution in [-0.4, -0.2) is 34.0 Å². The lowest BCUT2D eigenvalue weighted by molar-refractivity contribution is -0.145. The van der Waals surface area contributed by atoms with Crippen LogP contribution in [0.15, 0.2) is 11.3 Å². The molecule has 0 saturated carbocycles. The largest absolute Gasteiger partial charge is 0.507 e. The van der Waals surface area contributed by atoms with Crippen LogP contribution in [0.5, 0.6) is 0 Å². The Hall–Kier alpha value is -1.85. The number of rotatable bonds is 5. The molecule has 0 aromatic carbocycles. The number of hydrogen-bond acceptors (Lipinski definition) is 5. The molecule has 16 heavy (non-hydrogen) atoms. The highest BCUT2D eigenvalue weighted by Gasteiger charge is 2.38. The Morgan fingerprint density at radius 1 is 1.44 bits per heavy atom. The Kier molecular flexibility index (Phi) is 3.65. The van der Waals surface area contributed by atoms with Crippen LogP contribution < -0.4 is 0 Å². The van der Waals surface area contributed by atoms with Crippen molar-refractivity contribution in [2.24, 2.45) is 0 Å². The molecule has 0 fully saturated rings. The number of aliphatic hydroxyl groups excluding tert-OH is 1. The first kappa shape index (κ1) is 12.2. The first-order valence-electron chi connectivity index (χ1n) is 4.86. The van der Waals surface area contributed by atoms with Crippen molar-refractivity contribution in [2.45, 2.75) is 32.3 Å². The van der Waals surface area contributed by atoms with Crippen molar-refractivity contribution >= 4 is 17.7 Å². The summed E-state index contributed by atoms with van der Waals surface area (Å²) in [6, 6.07) is 0. The molecule has 0 amide bonds. The Bertz CT molecular complexity index is 368. The minimum absolute atomic E-state index is 0.119. The molecule has 1 aliphatic rings. The van der Waals surface area contributed by atoms with Crippen LogP contribution in [0.4, 0.5) is 0 Å². The molecule has 88 valence electrons. The minimum Gasteiger partial charge on any atom is -0.507 e. The standard InChI is InChI=1S/C10H12O6/c1-2-3-5(11)8-9(14)6(4-7(12)13)16-10(8)15/h6,14H,2-4H2,1H3,(H,12,13)/t6-/m1/s1. The summed E-state index contributed by atoms with van der Waals surface area (Å²) in [6.07, 6.45) is -1.12. The van der Waals surface area contributed by atoms with Gasteiger partial charge in [0.2, 0.25) is 0 Å². The number of carbonyl (C=O) groups is 3. The molecule has 6 heteroatoms. The second-order valence-corrected chi connectivity index (χ2v) is 3.43.